The summed E-state index contributed by atoms with van der Waals surface area (Å²) in [5.41, 5.74) is 7.08. The van der Waals surface area contributed by atoms with Crippen molar-refractivity contribution < 1.29 is 9.13 Å². The first-order valence-corrected chi connectivity index (χ1v) is 9.50. The molecule has 1 saturated heterocycles. The molecule has 5 heteroatoms. The molecular weight excluding hydrogens is 341 g/mol. The van der Waals surface area contributed by atoms with E-state index in [9.17, 15) is 4.39 Å². The molecule has 1 heterocycles. The number of nitrogens with zero attached hydrogens (tertiary/aromatic N) is 1. The van der Waals surface area contributed by atoms with Crippen LogP contribution in [0.4, 0.5) is 10.1 Å². The van der Waals surface area contributed by atoms with Gasteiger partial charge in [-0.1, -0.05) is 32.0 Å². The van der Waals surface area contributed by atoms with Crippen LogP contribution >= 0.6 is 0 Å². The molecule has 3 N–H and O–H groups in total. The van der Waals surface area contributed by atoms with E-state index < -0.39 is 0 Å². The van der Waals surface area contributed by atoms with Crippen molar-refractivity contribution >= 4 is 11.9 Å². The third-order valence-corrected chi connectivity index (χ3v) is 4.15. The fraction of sp³-hybridized carbons (Fsp3) is 0.409. The van der Waals surface area contributed by atoms with Crippen molar-refractivity contribution in [3.63, 3.8) is 0 Å². The average molecular weight is 374 g/mol. The van der Waals surface area contributed by atoms with Gasteiger partial charge in [0.1, 0.15) is 11.6 Å². The van der Waals surface area contributed by atoms with Crippen molar-refractivity contribution in [3.8, 4) is 5.75 Å². The summed E-state index contributed by atoms with van der Waals surface area (Å²) in [4.78, 5) is 2.35. The average Bonchev–Trinajstić information content (AvgIpc) is 2.70. The van der Waals surface area contributed by atoms with Crippen LogP contribution in [0.1, 0.15) is 32.3 Å². The Morgan fingerprint density at radius 3 is 2.48 bits per heavy atom. The molecule has 1 aliphatic heterocycles. The minimum absolute atomic E-state index is 0.178. The minimum Gasteiger partial charge on any atom is -0.493 e. The normalized spacial score (nSPS) is 16.2. The quantitative estimate of drug-likeness (QED) is 0.595. The summed E-state index contributed by atoms with van der Waals surface area (Å²) >= 11 is 0. The molecule has 0 spiro atoms. The van der Waals surface area contributed by atoms with E-state index >= 15 is 0 Å². The van der Waals surface area contributed by atoms with E-state index in [1.165, 1.54) is 37.7 Å². The molecule has 1 fully saturated rings. The zero-order valence-electron chi connectivity index (χ0n) is 16.6. The number of benzene rings is 2. The monoisotopic (exact) mass is 373 g/mol. The van der Waals surface area contributed by atoms with Crippen LogP contribution in [0.25, 0.3) is 0 Å². The molecule has 0 bridgehead atoms. The Hall–Kier alpha value is -2.40. The maximum absolute atomic E-state index is 11.9. The highest BCUT2D eigenvalue weighted by Crippen LogP contribution is 2.21. The first-order valence-electron chi connectivity index (χ1n) is 9.50. The standard InChI is InChI=1S/C14H21N3O.C6H5F.C2H6/c1-17-6-2-3-11(9-17)10-18-13-4-5-14(16)12(7-13)8-15;7-6-4-2-1-3-5-6;1-2/h4-5,7-8,11,15H,2-3,6,9-10,16H2,1H3;1-5H;1-2H3. The lowest BCUT2D eigenvalue weighted by molar-refractivity contribution is 0.150. The smallest absolute Gasteiger partial charge is 0.123 e. The molecule has 3 rings (SSSR count). The predicted molar refractivity (Wildman–Crippen MR) is 112 cm³/mol. The van der Waals surface area contributed by atoms with Gasteiger partial charge in [0.25, 0.3) is 0 Å². The highest BCUT2D eigenvalue weighted by atomic mass is 19.1. The number of nitrogens with two attached hydrogens (primary N) is 1. The zero-order valence-corrected chi connectivity index (χ0v) is 16.6. The Kier molecular flexibility index (Phi) is 10.8. The SMILES string of the molecule is CC.CN1CCCC(COc2ccc(N)c(C=N)c2)C1.Fc1ccccc1. The Labute approximate surface area is 162 Å². The Morgan fingerprint density at radius 2 is 1.93 bits per heavy atom. The molecule has 1 atom stereocenters. The van der Waals surface area contributed by atoms with Gasteiger partial charge >= 0.3 is 0 Å². The largest absolute Gasteiger partial charge is 0.493 e. The molecule has 27 heavy (non-hydrogen) atoms. The molecule has 2 aromatic rings. The molecular formula is C22H32FN3O. The maximum atomic E-state index is 11.9. The van der Waals surface area contributed by atoms with Gasteiger partial charge in [-0.05, 0) is 56.8 Å². The number of hydrogen-bond acceptors (Lipinski definition) is 4. The van der Waals surface area contributed by atoms with E-state index in [4.69, 9.17) is 15.9 Å². The second kappa shape index (κ2) is 12.9. The zero-order chi connectivity index (χ0) is 20.1. The summed E-state index contributed by atoms with van der Waals surface area (Å²) in [6.45, 7) is 7.04. The number of anilines is 1. The number of hydrogen-bond donors (Lipinski definition) is 2. The van der Waals surface area contributed by atoms with E-state index in [1.807, 2.05) is 26.0 Å². The lowest BCUT2D eigenvalue weighted by Crippen LogP contribution is -2.34. The van der Waals surface area contributed by atoms with Crippen molar-refractivity contribution in [3.05, 3.63) is 59.9 Å². The van der Waals surface area contributed by atoms with E-state index in [-0.39, 0.29) is 5.82 Å². The number of nitrogen functional groups attached to an aromatic ring is 1. The van der Waals surface area contributed by atoms with Gasteiger partial charge in [-0.15, -0.1) is 0 Å². The van der Waals surface area contributed by atoms with Gasteiger partial charge in [0.15, 0.2) is 0 Å². The predicted octanol–water partition coefficient (Wildman–Crippen LogP) is 4.84. The van der Waals surface area contributed by atoms with Crippen LogP contribution in [0.2, 0.25) is 0 Å². The summed E-state index contributed by atoms with van der Waals surface area (Å²) in [7, 11) is 2.16. The first kappa shape index (κ1) is 22.6. The van der Waals surface area contributed by atoms with E-state index in [0.29, 0.717) is 17.2 Å². The third-order valence-electron chi connectivity index (χ3n) is 4.15. The molecule has 0 amide bonds. The van der Waals surface area contributed by atoms with E-state index in [0.717, 1.165) is 18.9 Å². The molecule has 4 nitrogen and oxygen atoms in total. The van der Waals surface area contributed by atoms with Crippen molar-refractivity contribution in [1.29, 1.82) is 5.41 Å². The van der Waals surface area contributed by atoms with Crippen LogP contribution in [0, 0.1) is 17.1 Å². The van der Waals surface area contributed by atoms with Crippen LogP contribution in [-0.2, 0) is 0 Å². The van der Waals surface area contributed by atoms with Gasteiger partial charge in [0.2, 0.25) is 0 Å². The molecule has 0 saturated carbocycles. The number of halogens is 1. The van der Waals surface area contributed by atoms with Gasteiger partial charge < -0.3 is 20.8 Å². The molecule has 1 unspecified atom stereocenters. The Bertz CT molecular complexity index is 664. The molecule has 0 aliphatic carbocycles. The van der Waals surface area contributed by atoms with Gasteiger partial charge in [-0.2, -0.15) is 0 Å². The number of piperidine rings is 1. The minimum atomic E-state index is -0.178. The second-order valence-electron chi connectivity index (χ2n) is 6.31. The highest BCUT2D eigenvalue weighted by molar-refractivity contribution is 5.85. The molecule has 0 radical (unpaired) electrons. The fourth-order valence-corrected chi connectivity index (χ4v) is 2.81. The first-order chi connectivity index (χ1) is 13.1. The lowest BCUT2D eigenvalue weighted by Gasteiger charge is -2.29. The summed E-state index contributed by atoms with van der Waals surface area (Å²) < 4.78 is 17.7. The molecule has 1 aliphatic rings. The van der Waals surface area contributed by atoms with Gasteiger partial charge in [0, 0.05) is 29.9 Å². The second-order valence-corrected chi connectivity index (χ2v) is 6.31. The van der Waals surface area contributed by atoms with Crippen LogP contribution < -0.4 is 10.5 Å². The van der Waals surface area contributed by atoms with Crippen molar-refractivity contribution in [1.82, 2.24) is 4.90 Å². The Morgan fingerprint density at radius 1 is 1.22 bits per heavy atom. The van der Waals surface area contributed by atoms with Gasteiger partial charge in [-0.3, -0.25) is 0 Å². The summed E-state index contributed by atoms with van der Waals surface area (Å²) in [6, 6.07) is 13.4. The summed E-state index contributed by atoms with van der Waals surface area (Å²) in [5, 5.41) is 7.27. The van der Waals surface area contributed by atoms with Gasteiger partial charge in [0.05, 0.1) is 6.61 Å². The topological polar surface area (TPSA) is 62.3 Å². The fourth-order valence-electron chi connectivity index (χ4n) is 2.81. The third kappa shape index (κ3) is 8.69. The number of likely N-dealkylation sites (tertiary alicyclic amines) is 1. The lowest BCUT2D eigenvalue weighted by atomic mass is 9.99. The van der Waals surface area contributed by atoms with E-state index in [1.54, 1.807) is 24.3 Å². The van der Waals surface area contributed by atoms with Crippen molar-refractivity contribution in [2.75, 3.05) is 32.5 Å². The van der Waals surface area contributed by atoms with Crippen molar-refractivity contribution in [2.45, 2.75) is 26.7 Å². The molecule has 2 aromatic carbocycles. The molecule has 0 aromatic heterocycles. The maximum Gasteiger partial charge on any atom is 0.123 e. The van der Waals surface area contributed by atoms with Crippen LogP contribution in [0.5, 0.6) is 5.75 Å². The summed E-state index contributed by atoms with van der Waals surface area (Å²) in [6.07, 6.45) is 3.74. The number of ether oxygens (including phenoxy) is 1. The number of nitrogens with one attached hydrogen (secondary N) is 1. The molecule has 148 valence electrons. The number of rotatable bonds is 4. The van der Waals surface area contributed by atoms with Crippen molar-refractivity contribution in [2.24, 2.45) is 5.92 Å². The highest BCUT2D eigenvalue weighted by Gasteiger charge is 2.17. The van der Waals surface area contributed by atoms with Crippen LogP contribution in [-0.4, -0.2) is 37.9 Å². The van der Waals surface area contributed by atoms with E-state index in [2.05, 4.69) is 11.9 Å². The Balaban J connectivity index is 0.000000338. The van der Waals surface area contributed by atoms with Crippen LogP contribution in [0.15, 0.2) is 48.5 Å². The van der Waals surface area contributed by atoms with Gasteiger partial charge in [-0.25, -0.2) is 4.39 Å². The van der Waals surface area contributed by atoms with Crippen LogP contribution in [0.3, 0.4) is 0 Å². The summed E-state index contributed by atoms with van der Waals surface area (Å²) in [5.74, 6) is 1.23.